The van der Waals surface area contributed by atoms with Gasteiger partial charge in [0.15, 0.2) is 0 Å². The molecular formula is C16H11F3. The summed E-state index contributed by atoms with van der Waals surface area (Å²) >= 11 is 0. The van der Waals surface area contributed by atoms with Gasteiger partial charge in [-0.2, -0.15) is 13.2 Å². The first-order chi connectivity index (χ1) is 8.93. The van der Waals surface area contributed by atoms with Crippen molar-refractivity contribution in [1.29, 1.82) is 0 Å². The van der Waals surface area contributed by atoms with Gasteiger partial charge in [-0.15, -0.1) is 6.42 Å². The van der Waals surface area contributed by atoms with Crippen LogP contribution < -0.4 is 0 Å². The van der Waals surface area contributed by atoms with Crippen molar-refractivity contribution in [2.45, 2.75) is 13.1 Å². The second-order valence-electron chi connectivity index (χ2n) is 4.22. The minimum Gasteiger partial charge on any atom is -0.166 e. The van der Waals surface area contributed by atoms with E-state index in [2.05, 4.69) is 5.92 Å². The molecule has 0 aliphatic carbocycles. The van der Waals surface area contributed by atoms with Crippen LogP contribution in [0.3, 0.4) is 0 Å². The van der Waals surface area contributed by atoms with Crippen LogP contribution >= 0.6 is 0 Å². The van der Waals surface area contributed by atoms with Gasteiger partial charge in [-0.05, 0) is 35.7 Å². The molecule has 0 amide bonds. The molecule has 0 fully saturated rings. The van der Waals surface area contributed by atoms with Gasteiger partial charge in [-0.25, -0.2) is 0 Å². The molecule has 0 aliphatic rings. The van der Waals surface area contributed by atoms with E-state index in [1.54, 1.807) is 18.2 Å². The lowest BCUT2D eigenvalue weighted by atomic mass is 9.96. The van der Waals surface area contributed by atoms with Gasteiger partial charge in [-0.1, -0.05) is 36.3 Å². The average molecular weight is 260 g/mol. The smallest absolute Gasteiger partial charge is 0.166 e. The summed E-state index contributed by atoms with van der Waals surface area (Å²) in [6.07, 6.45) is 0.672. The van der Waals surface area contributed by atoms with Crippen LogP contribution in [-0.2, 0) is 6.18 Å². The van der Waals surface area contributed by atoms with Gasteiger partial charge in [0, 0.05) is 5.56 Å². The summed E-state index contributed by atoms with van der Waals surface area (Å²) in [6, 6.07) is 11.4. The first kappa shape index (κ1) is 13.2. The summed E-state index contributed by atoms with van der Waals surface area (Å²) in [5, 5.41) is 0. The average Bonchev–Trinajstić information content (AvgIpc) is 2.37. The van der Waals surface area contributed by atoms with Crippen molar-refractivity contribution < 1.29 is 13.2 Å². The summed E-state index contributed by atoms with van der Waals surface area (Å²) in [5.41, 5.74) is 1.31. The lowest BCUT2D eigenvalue weighted by Crippen LogP contribution is -2.08. The number of halogens is 3. The zero-order chi connectivity index (χ0) is 14.0. The molecule has 0 atom stereocenters. The number of aryl methyl sites for hydroxylation is 1. The number of benzene rings is 2. The van der Waals surface area contributed by atoms with Crippen molar-refractivity contribution in [2.24, 2.45) is 0 Å². The molecule has 2 rings (SSSR count). The molecule has 0 spiro atoms. The third kappa shape index (κ3) is 2.63. The van der Waals surface area contributed by atoms with Crippen LogP contribution in [0.1, 0.15) is 16.7 Å². The van der Waals surface area contributed by atoms with E-state index in [-0.39, 0.29) is 5.56 Å². The largest absolute Gasteiger partial charge is 0.417 e. The molecule has 0 unspecified atom stereocenters. The van der Waals surface area contributed by atoms with E-state index in [1.165, 1.54) is 6.07 Å². The third-order valence-electron chi connectivity index (χ3n) is 2.94. The summed E-state index contributed by atoms with van der Waals surface area (Å²) < 4.78 is 38.8. The third-order valence-corrected chi connectivity index (χ3v) is 2.94. The number of alkyl halides is 3. The molecule has 2 aromatic rings. The first-order valence-corrected chi connectivity index (χ1v) is 5.67. The highest BCUT2D eigenvalue weighted by molar-refractivity contribution is 5.69. The molecule has 0 saturated heterocycles. The summed E-state index contributed by atoms with van der Waals surface area (Å²) in [6.45, 7) is 1.86. The lowest BCUT2D eigenvalue weighted by Gasteiger charge is -2.12. The Balaban J connectivity index is 2.63. The normalized spacial score (nSPS) is 11.1. The monoisotopic (exact) mass is 260 g/mol. The van der Waals surface area contributed by atoms with Crippen LogP contribution in [-0.4, -0.2) is 0 Å². The fourth-order valence-electron chi connectivity index (χ4n) is 1.97. The second kappa shape index (κ2) is 4.81. The Labute approximate surface area is 109 Å². The minimum atomic E-state index is -4.44. The predicted molar refractivity (Wildman–Crippen MR) is 69.6 cm³/mol. The molecule has 0 N–H and O–H groups in total. The number of hydrogen-bond donors (Lipinski definition) is 0. The maximum absolute atomic E-state index is 12.9. The van der Waals surface area contributed by atoms with Crippen molar-refractivity contribution in [3.8, 4) is 23.5 Å². The van der Waals surface area contributed by atoms with Crippen molar-refractivity contribution in [3.05, 3.63) is 59.2 Å². The molecule has 0 aliphatic heterocycles. The standard InChI is InChI=1S/C16H11F3/c1-3-12-8-9-13(10-15(12)16(17,18)19)14-7-5-4-6-11(14)2/h1,4-10H,2H3. The Bertz CT molecular complexity index is 646. The second-order valence-corrected chi connectivity index (χ2v) is 4.22. The molecule has 0 aromatic heterocycles. The van der Waals surface area contributed by atoms with E-state index in [9.17, 15) is 13.2 Å². The Kier molecular flexibility index (Phi) is 3.35. The van der Waals surface area contributed by atoms with Gasteiger partial charge in [0.25, 0.3) is 0 Å². The maximum Gasteiger partial charge on any atom is 0.417 e. The van der Waals surface area contributed by atoms with E-state index >= 15 is 0 Å². The highest BCUT2D eigenvalue weighted by Crippen LogP contribution is 2.35. The van der Waals surface area contributed by atoms with Crippen molar-refractivity contribution >= 4 is 0 Å². The number of rotatable bonds is 1. The zero-order valence-electron chi connectivity index (χ0n) is 10.3. The van der Waals surface area contributed by atoms with E-state index in [1.807, 2.05) is 19.1 Å². The van der Waals surface area contributed by atoms with E-state index in [4.69, 9.17) is 6.42 Å². The van der Waals surface area contributed by atoms with Crippen molar-refractivity contribution in [3.63, 3.8) is 0 Å². The van der Waals surface area contributed by atoms with Crippen LogP contribution in [0, 0.1) is 19.3 Å². The zero-order valence-corrected chi connectivity index (χ0v) is 10.3. The molecule has 0 heterocycles. The Morgan fingerprint density at radius 2 is 1.74 bits per heavy atom. The maximum atomic E-state index is 12.9. The van der Waals surface area contributed by atoms with Crippen LogP contribution in [0.4, 0.5) is 13.2 Å². The summed E-state index contributed by atoms with van der Waals surface area (Å²) in [5.74, 6) is 2.08. The molecular weight excluding hydrogens is 249 g/mol. The molecule has 0 nitrogen and oxygen atoms in total. The van der Waals surface area contributed by atoms with Crippen LogP contribution in [0.15, 0.2) is 42.5 Å². The molecule has 0 bridgehead atoms. The fraction of sp³-hybridized carbons (Fsp3) is 0.125. The Hall–Kier alpha value is -2.21. The van der Waals surface area contributed by atoms with Gasteiger partial charge in [0.1, 0.15) is 0 Å². The molecule has 96 valence electrons. The van der Waals surface area contributed by atoms with Crippen molar-refractivity contribution in [2.75, 3.05) is 0 Å². The fourth-order valence-corrected chi connectivity index (χ4v) is 1.97. The van der Waals surface area contributed by atoms with Gasteiger partial charge in [0.05, 0.1) is 5.56 Å². The van der Waals surface area contributed by atoms with Gasteiger partial charge in [-0.3, -0.25) is 0 Å². The first-order valence-electron chi connectivity index (χ1n) is 5.67. The molecule has 19 heavy (non-hydrogen) atoms. The summed E-state index contributed by atoms with van der Waals surface area (Å²) in [4.78, 5) is 0. The Morgan fingerprint density at radius 1 is 1.05 bits per heavy atom. The van der Waals surface area contributed by atoms with Crippen LogP contribution in [0.5, 0.6) is 0 Å². The molecule has 0 saturated carbocycles. The minimum absolute atomic E-state index is 0.134. The van der Waals surface area contributed by atoms with Crippen LogP contribution in [0.25, 0.3) is 11.1 Å². The SMILES string of the molecule is C#Cc1ccc(-c2ccccc2C)cc1C(F)(F)F. The highest BCUT2D eigenvalue weighted by Gasteiger charge is 2.33. The van der Waals surface area contributed by atoms with E-state index < -0.39 is 11.7 Å². The van der Waals surface area contributed by atoms with Crippen molar-refractivity contribution in [1.82, 2.24) is 0 Å². The lowest BCUT2D eigenvalue weighted by molar-refractivity contribution is -0.137. The molecule has 0 radical (unpaired) electrons. The van der Waals surface area contributed by atoms with Gasteiger partial charge in [0.2, 0.25) is 0 Å². The predicted octanol–water partition coefficient (Wildman–Crippen LogP) is 4.66. The van der Waals surface area contributed by atoms with Gasteiger partial charge < -0.3 is 0 Å². The number of terminal acetylenes is 1. The van der Waals surface area contributed by atoms with Gasteiger partial charge >= 0.3 is 6.18 Å². The van der Waals surface area contributed by atoms with Crippen LogP contribution in [0.2, 0.25) is 0 Å². The van der Waals surface area contributed by atoms with E-state index in [0.717, 1.165) is 17.2 Å². The molecule has 2 aromatic carbocycles. The topological polar surface area (TPSA) is 0 Å². The van der Waals surface area contributed by atoms with E-state index in [0.29, 0.717) is 5.56 Å². The quantitative estimate of drug-likeness (QED) is 0.654. The Morgan fingerprint density at radius 3 is 2.32 bits per heavy atom. The molecule has 3 heteroatoms. The highest BCUT2D eigenvalue weighted by atomic mass is 19.4. The number of hydrogen-bond acceptors (Lipinski definition) is 0. The summed E-state index contributed by atoms with van der Waals surface area (Å²) in [7, 11) is 0.